The lowest BCUT2D eigenvalue weighted by Gasteiger charge is -2.31. The summed E-state index contributed by atoms with van der Waals surface area (Å²) >= 11 is 0. The number of rotatable bonds is 4. The highest BCUT2D eigenvalue weighted by Gasteiger charge is 2.53. The van der Waals surface area contributed by atoms with Gasteiger partial charge in [-0.05, 0) is 99.1 Å². The molecule has 0 aliphatic heterocycles. The summed E-state index contributed by atoms with van der Waals surface area (Å²) in [5.74, 6) is 1.69. The Morgan fingerprint density at radius 2 is 1.00 bits per heavy atom. The van der Waals surface area contributed by atoms with Crippen LogP contribution in [0.15, 0.2) is 221 Å². The molecule has 9 aromatic carbocycles. The molecule has 0 bridgehead atoms. The van der Waals surface area contributed by atoms with E-state index in [4.69, 9.17) is 33.8 Å². The van der Waals surface area contributed by atoms with Crippen LogP contribution in [-0.2, 0) is 5.41 Å². The topological polar surface area (TPSA) is 90.7 Å². The molecule has 0 amide bonds. The maximum atomic E-state index is 6.99. The maximum absolute atomic E-state index is 6.99. The summed E-state index contributed by atoms with van der Waals surface area (Å²) < 4.78 is 13.6. The first kappa shape index (κ1) is 38.4. The van der Waals surface area contributed by atoms with Gasteiger partial charge in [0.1, 0.15) is 22.3 Å². The van der Waals surface area contributed by atoms with Gasteiger partial charge < -0.3 is 8.83 Å². The molecule has 0 fully saturated rings. The second kappa shape index (κ2) is 14.2. The van der Waals surface area contributed by atoms with E-state index in [0.717, 1.165) is 93.6 Å². The van der Waals surface area contributed by atoms with Gasteiger partial charge in [-0.15, -0.1) is 0 Å². The Balaban J connectivity index is 0.888. The van der Waals surface area contributed by atoms with Gasteiger partial charge in [0.2, 0.25) is 0 Å². The highest BCUT2D eigenvalue weighted by Crippen LogP contribution is 2.65. The van der Waals surface area contributed by atoms with Crippen LogP contribution < -0.4 is 0 Å². The Labute approximate surface area is 405 Å². The molecule has 7 nitrogen and oxygen atoms in total. The fourth-order valence-corrected chi connectivity index (χ4v) is 11.9. The molecule has 2 aliphatic carbocycles. The van der Waals surface area contributed by atoms with Gasteiger partial charge in [-0.2, -0.15) is 0 Å². The SMILES string of the molecule is c1ccc(-c2nc(-c3cccc(-c4ccc5ccc6cccnc6c5n4)c3)nc(-c3ccc4c(c3)oc3ccc5c(c34)C3(c4ccccc4-c4ccccc43)c3cc4oc6ccccc6c4cc3-5)n2)cc1. The third-order valence-electron chi connectivity index (χ3n) is 15.0. The number of para-hydroxylation sites is 1. The van der Waals surface area contributed by atoms with Crippen molar-refractivity contribution in [1.82, 2.24) is 24.9 Å². The van der Waals surface area contributed by atoms with E-state index in [1.165, 1.54) is 44.5 Å². The first-order chi connectivity index (χ1) is 35.2. The second-order valence-electron chi connectivity index (χ2n) is 18.7. The fraction of sp³-hybridized carbons (Fsp3) is 0.0156. The van der Waals surface area contributed by atoms with Gasteiger partial charge in [0.15, 0.2) is 17.5 Å². The minimum atomic E-state index is -0.630. The lowest BCUT2D eigenvalue weighted by molar-refractivity contribution is 0.666. The predicted octanol–water partition coefficient (Wildman–Crippen LogP) is 15.8. The molecule has 328 valence electrons. The first-order valence-electron chi connectivity index (χ1n) is 23.9. The molecule has 0 unspecified atom stereocenters. The maximum Gasteiger partial charge on any atom is 0.164 e. The average Bonchev–Trinajstić information content (AvgIpc) is 4.17. The van der Waals surface area contributed by atoms with E-state index in [0.29, 0.717) is 17.5 Å². The number of fused-ring (bicyclic) bond motifs is 20. The van der Waals surface area contributed by atoms with Crippen LogP contribution in [0.1, 0.15) is 22.3 Å². The summed E-state index contributed by atoms with van der Waals surface area (Å²) in [7, 11) is 0. The van der Waals surface area contributed by atoms with Crippen molar-refractivity contribution >= 4 is 65.7 Å². The summed E-state index contributed by atoms with van der Waals surface area (Å²) in [6.45, 7) is 0. The molecule has 7 heteroatoms. The molecular weight excluding hydrogens is 871 g/mol. The molecule has 1 spiro atoms. The third kappa shape index (κ3) is 5.34. The number of furan rings is 2. The van der Waals surface area contributed by atoms with Crippen molar-refractivity contribution in [3.8, 4) is 67.7 Å². The van der Waals surface area contributed by atoms with Gasteiger partial charge in [0, 0.05) is 60.8 Å². The quantitative estimate of drug-likeness (QED) is 0.162. The molecule has 2 aliphatic rings. The monoisotopic (exact) mass is 905 g/mol. The van der Waals surface area contributed by atoms with Crippen molar-refractivity contribution in [3.63, 3.8) is 0 Å². The molecule has 0 atom stereocenters. The lowest BCUT2D eigenvalue weighted by Crippen LogP contribution is -2.26. The molecule has 5 heterocycles. The molecule has 5 aromatic heterocycles. The summed E-state index contributed by atoms with van der Waals surface area (Å²) in [5.41, 5.74) is 18.7. The number of hydrogen-bond acceptors (Lipinski definition) is 7. The number of pyridine rings is 2. The van der Waals surface area contributed by atoms with E-state index in [2.05, 4.69) is 152 Å². The van der Waals surface area contributed by atoms with Crippen LogP contribution in [0.25, 0.3) is 133 Å². The van der Waals surface area contributed by atoms with E-state index in [1.54, 1.807) is 0 Å². The average molecular weight is 906 g/mol. The van der Waals surface area contributed by atoms with Crippen LogP contribution >= 0.6 is 0 Å². The third-order valence-corrected chi connectivity index (χ3v) is 15.0. The highest BCUT2D eigenvalue weighted by atomic mass is 16.3. The highest BCUT2D eigenvalue weighted by molar-refractivity contribution is 6.16. The Morgan fingerprint density at radius 1 is 0.338 bits per heavy atom. The Bertz CT molecular complexity index is 4560. The smallest absolute Gasteiger partial charge is 0.164 e. The van der Waals surface area contributed by atoms with Gasteiger partial charge in [-0.3, -0.25) is 4.98 Å². The number of hydrogen-bond donors (Lipinski definition) is 0. The van der Waals surface area contributed by atoms with Crippen molar-refractivity contribution in [2.45, 2.75) is 5.41 Å². The van der Waals surface area contributed by atoms with Crippen LogP contribution in [0, 0.1) is 0 Å². The van der Waals surface area contributed by atoms with Gasteiger partial charge in [0.25, 0.3) is 0 Å². The van der Waals surface area contributed by atoms with Crippen molar-refractivity contribution in [2.24, 2.45) is 0 Å². The standard InChI is InChI=1S/C64H35N5O2/c1-2-12-38(13-3-1)61-67-62(40-15-10-14-39(32-40)52-29-26-37-24-23-36-16-11-31-65-59(36)60(37)66-52)69-63(68-61)41-25-27-46-55(33-41)71-54-30-28-45-47-34-48-44-19-6-9-22-53(44)70-56(48)35-51(47)64(58(45)57(46)54)49-20-7-4-17-42(49)43-18-5-8-21-50(43)64/h1-35H. The lowest BCUT2D eigenvalue weighted by atomic mass is 9.69. The van der Waals surface area contributed by atoms with E-state index in [-0.39, 0.29) is 0 Å². The molecule has 0 saturated heterocycles. The van der Waals surface area contributed by atoms with Gasteiger partial charge in [-0.25, -0.2) is 19.9 Å². The van der Waals surface area contributed by atoms with Gasteiger partial charge >= 0.3 is 0 Å². The number of aromatic nitrogens is 5. The van der Waals surface area contributed by atoms with Crippen LogP contribution in [0.5, 0.6) is 0 Å². The van der Waals surface area contributed by atoms with E-state index >= 15 is 0 Å². The molecule has 0 saturated carbocycles. The summed E-state index contributed by atoms with van der Waals surface area (Å²) in [6, 6.07) is 72.4. The zero-order valence-corrected chi connectivity index (χ0v) is 37.8. The van der Waals surface area contributed by atoms with Crippen LogP contribution in [0.2, 0.25) is 0 Å². The van der Waals surface area contributed by atoms with E-state index in [9.17, 15) is 0 Å². The van der Waals surface area contributed by atoms with Crippen LogP contribution in [-0.4, -0.2) is 24.9 Å². The zero-order chi connectivity index (χ0) is 46.4. The first-order valence-corrected chi connectivity index (χ1v) is 23.9. The predicted molar refractivity (Wildman–Crippen MR) is 283 cm³/mol. The van der Waals surface area contributed by atoms with Crippen LogP contribution in [0.3, 0.4) is 0 Å². The minimum absolute atomic E-state index is 0.547. The molecular formula is C64H35N5O2. The molecule has 0 radical (unpaired) electrons. The summed E-state index contributed by atoms with van der Waals surface area (Å²) in [5, 5.41) is 6.44. The normalized spacial score (nSPS) is 13.2. The van der Waals surface area contributed by atoms with Crippen molar-refractivity contribution in [3.05, 3.63) is 235 Å². The van der Waals surface area contributed by atoms with Crippen molar-refractivity contribution in [2.75, 3.05) is 0 Å². The van der Waals surface area contributed by atoms with E-state index < -0.39 is 5.41 Å². The number of benzene rings is 9. The molecule has 71 heavy (non-hydrogen) atoms. The number of nitrogens with zero attached hydrogens (tertiary/aromatic N) is 5. The fourth-order valence-electron chi connectivity index (χ4n) is 11.9. The Hall–Kier alpha value is -9.59. The molecule has 14 aromatic rings. The zero-order valence-electron chi connectivity index (χ0n) is 37.8. The van der Waals surface area contributed by atoms with Gasteiger partial charge in [0.05, 0.1) is 22.1 Å². The van der Waals surface area contributed by atoms with Crippen molar-refractivity contribution in [1.29, 1.82) is 0 Å². The Morgan fingerprint density at radius 3 is 1.83 bits per heavy atom. The second-order valence-corrected chi connectivity index (χ2v) is 18.7. The molecule has 0 N–H and O–H groups in total. The van der Waals surface area contributed by atoms with Crippen molar-refractivity contribution < 1.29 is 8.83 Å². The Kier molecular flexibility index (Phi) is 7.69. The van der Waals surface area contributed by atoms with Crippen LogP contribution in [0.4, 0.5) is 0 Å². The summed E-state index contributed by atoms with van der Waals surface area (Å²) in [4.78, 5) is 25.3. The largest absolute Gasteiger partial charge is 0.456 e. The summed E-state index contributed by atoms with van der Waals surface area (Å²) in [6.07, 6.45) is 1.82. The van der Waals surface area contributed by atoms with Gasteiger partial charge in [-0.1, -0.05) is 152 Å². The minimum Gasteiger partial charge on any atom is -0.456 e. The van der Waals surface area contributed by atoms with E-state index in [1.807, 2.05) is 60.8 Å². The molecule has 16 rings (SSSR count).